The van der Waals surface area contributed by atoms with Gasteiger partial charge in [-0.2, -0.15) is 0 Å². The molecular weight excluding hydrogens is 342 g/mol. The molecule has 0 aliphatic rings. The molecule has 1 heterocycles. The van der Waals surface area contributed by atoms with Crippen molar-refractivity contribution in [2.75, 3.05) is 0 Å². The molecule has 2 aromatic carbocycles. The lowest BCUT2D eigenvalue weighted by atomic mass is 9.84. The average Bonchev–Trinajstić information content (AvgIpc) is 2.63. The van der Waals surface area contributed by atoms with E-state index >= 15 is 0 Å². The number of carbonyl (C=O) groups is 1. The van der Waals surface area contributed by atoms with Crippen molar-refractivity contribution in [3.63, 3.8) is 0 Å². The zero-order valence-electron chi connectivity index (χ0n) is 15.5. The Kier molecular flexibility index (Phi) is 5.07. The smallest absolute Gasteiger partial charge is 0.410 e. The monoisotopic (exact) mass is 363 g/mol. The standard InChI is InChI=1S/C21H21N3O3/c1-21(2,3)16-11-10-15(14-8-5-4-6-9-14)17(18(16)26-19(22)25)27-20-23-12-7-13-24-20/h4-13H,1-3H3,(H2,22,25). The maximum Gasteiger partial charge on any atom is 0.410 e. The van der Waals surface area contributed by atoms with Gasteiger partial charge in [0.25, 0.3) is 0 Å². The van der Waals surface area contributed by atoms with Crippen LogP contribution in [0.5, 0.6) is 17.5 Å². The molecular formula is C21H21N3O3. The van der Waals surface area contributed by atoms with Crippen molar-refractivity contribution < 1.29 is 14.3 Å². The molecule has 0 bridgehead atoms. The first-order valence-electron chi connectivity index (χ1n) is 8.51. The lowest BCUT2D eigenvalue weighted by molar-refractivity contribution is 0.208. The maximum atomic E-state index is 11.6. The van der Waals surface area contributed by atoms with Gasteiger partial charge in [0.05, 0.1) is 0 Å². The molecule has 1 aromatic heterocycles. The van der Waals surface area contributed by atoms with Crippen molar-refractivity contribution in [1.29, 1.82) is 0 Å². The van der Waals surface area contributed by atoms with Crippen LogP contribution in [-0.4, -0.2) is 16.1 Å². The van der Waals surface area contributed by atoms with E-state index in [9.17, 15) is 4.79 Å². The quantitative estimate of drug-likeness (QED) is 0.726. The third-order valence-corrected chi connectivity index (χ3v) is 3.94. The molecule has 27 heavy (non-hydrogen) atoms. The van der Waals surface area contributed by atoms with Gasteiger partial charge in [-0.05, 0) is 17.0 Å². The number of benzene rings is 2. The lowest BCUT2D eigenvalue weighted by Gasteiger charge is -2.25. The van der Waals surface area contributed by atoms with Gasteiger partial charge in [-0.15, -0.1) is 0 Å². The van der Waals surface area contributed by atoms with Gasteiger partial charge < -0.3 is 15.2 Å². The number of aromatic nitrogens is 2. The topological polar surface area (TPSA) is 87.3 Å². The largest absolute Gasteiger partial charge is 0.420 e. The van der Waals surface area contributed by atoms with Gasteiger partial charge in [-0.1, -0.05) is 63.2 Å². The van der Waals surface area contributed by atoms with Crippen LogP contribution in [0.25, 0.3) is 11.1 Å². The fraction of sp³-hybridized carbons (Fsp3) is 0.190. The van der Waals surface area contributed by atoms with Crippen LogP contribution in [0, 0.1) is 0 Å². The van der Waals surface area contributed by atoms with Gasteiger partial charge in [-0.25, -0.2) is 14.8 Å². The normalized spacial score (nSPS) is 11.1. The highest BCUT2D eigenvalue weighted by Gasteiger charge is 2.27. The number of amides is 1. The van der Waals surface area contributed by atoms with Gasteiger partial charge in [0.2, 0.25) is 0 Å². The van der Waals surface area contributed by atoms with Crippen molar-refractivity contribution in [3.05, 3.63) is 66.5 Å². The number of nitrogens with two attached hydrogens (primary N) is 1. The minimum absolute atomic E-state index is 0.148. The third-order valence-electron chi connectivity index (χ3n) is 3.94. The second-order valence-electron chi connectivity index (χ2n) is 6.99. The van der Waals surface area contributed by atoms with Crippen LogP contribution < -0.4 is 15.2 Å². The summed E-state index contributed by atoms with van der Waals surface area (Å²) >= 11 is 0. The molecule has 2 N–H and O–H groups in total. The molecule has 0 aliphatic heterocycles. The summed E-state index contributed by atoms with van der Waals surface area (Å²) in [6.07, 6.45) is 2.24. The van der Waals surface area contributed by atoms with Gasteiger partial charge in [0.1, 0.15) is 0 Å². The van der Waals surface area contributed by atoms with E-state index in [4.69, 9.17) is 15.2 Å². The minimum atomic E-state index is -0.912. The average molecular weight is 363 g/mol. The summed E-state index contributed by atoms with van der Waals surface area (Å²) in [6, 6.07) is 15.3. The number of hydrogen-bond donors (Lipinski definition) is 1. The summed E-state index contributed by atoms with van der Waals surface area (Å²) in [5, 5.41) is 0. The third kappa shape index (κ3) is 4.23. The van der Waals surface area contributed by atoms with Crippen molar-refractivity contribution in [3.8, 4) is 28.6 Å². The Bertz CT molecular complexity index is 936. The van der Waals surface area contributed by atoms with E-state index < -0.39 is 6.09 Å². The number of hydrogen-bond acceptors (Lipinski definition) is 5. The molecule has 138 valence electrons. The van der Waals surface area contributed by atoms with E-state index in [1.807, 2.05) is 63.2 Å². The van der Waals surface area contributed by atoms with E-state index in [0.29, 0.717) is 5.75 Å². The van der Waals surface area contributed by atoms with E-state index in [1.54, 1.807) is 18.5 Å². The van der Waals surface area contributed by atoms with Gasteiger partial charge in [0.15, 0.2) is 11.5 Å². The minimum Gasteiger partial charge on any atom is -0.420 e. The van der Waals surface area contributed by atoms with Crippen LogP contribution in [-0.2, 0) is 5.41 Å². The maximum absolute atomic E-state index is 11.6. The molecule has 3 rings (SSSR count). The zero-order chi connectivity index (χ0) is 19.4. The van der Waals surface area contributed by atoms with Crippen LogP contribution in [0.15, 0.2) is 60.9 Å². The van der Waals surface area contributed by atoms with Crippen LogP contribution in [0.2, 0.25) is 0 Å². The van der Waals surface area contributed by atoms with Gasteiger partial charge in [0, 0.05) is 23.5 Å². The van der Waals surface area contributed by atoms with Gasteiger partial charge >= 0.3 is 12.1 Å². The van der Waals surface area contributed by atoms with E-state index in [-0.39, 0.29) is 17.2 Å². The molecule has 3 aromatic rings. The Morgan fingerprint density at radius 1 is 0.926 bits per heavy atom. The molecule has 0 radical (unpaired) electrons. The van der Waals surface area contributed by atoms with Crippen LogP contribution >= 0.6 is 0 Å². The molecule has 0 saturated carbocycles. The number of rotatable bonds is 4. The summed E-state index contributed by atoms with van der Waals surface area (Å²) < 4.78 is 11.4. The Hall–Kier alpha value is -3.41. The summed E-state index contributed by atoms with van der Waals surface area (Å²) in [4.78, 5) is 19.8. The SMILES string of the molecule is CC(C)(C)c1ccc(-c2ccccc2)c(Oc2ncccn2)c1OC(N)=O. The molecule has 0 spiro atoms. The number of ether oxygens (including phenoxy) is 2. The predicted octanol–water partition coefficient (Wildman–Crippen LogP) is 4.69. The first-order chi connectivity index (χ1) is 12.9. The van der Waals surface area contributed by atoms with Crippen molar-refractivity contribution in [1.82, 2.24) is 9.97 Å². The fourth-order valence-electron chi connectivity index (χ4n) is 2.73. The van der Waals surface area contributed by atoms with Crippen LogP contribution in [0.4, 0.5) is 4.79 Å². The zero-order valence-corrected chi connectivity index (χ0v) is 15.5. The lowest BCUT2D eigenvalue weighted by Crippen LogP contribution is -2.21. The summed E-state index contributed by atoms with van der Waals surface area (Å²) in [5.41, 5.74) is 7.46. The Morgan fingerprint density at radius 3 is 2.19 bits per heavy atom. The van der Waals surface area contributed by atoms with E-state index in [1.165, 1.54) is 0 Å². The molecule has 0 unspecified atom stereocenters. The first-order valence-corrected chi connectivity index (χ1v) is 8.51. The van der Waals surface area contributed by atoms with E-state index in [0.717, 1.165) is 16.7 Å². The number of carbonyl (C=O) groups excluding carboxylic acids is 1. The van der Waals surface area contributed by atoms with Crippen LogP contribution in [0.3, 0.4) is 0 Å². The molecule has 6 nitrogen and oxygen atoms in total. The van der Waals surface area contributed by atoms with Crippen molar-refractivity contribution in [2.24, 2.45) is 5.73 Å². The molecule has 0 saturated heterocycles. The number of nitrogens with zero attached hydrogens (tertiary/aromatic N) is 2. The van der Waals surface area contributed by atoms with Crippen molar-refractivity contribution >= 4 is 6.09 Å². The molecule has 0 aliphatic carbocycles. The van der Waals surface area contributed by atoms with Crippen LogP contribution in [0.1, 0.15) is 26.3 Å². The highest BCUT2D eigenvalue weighted by Crippen LogP contribution is 2.46. The predicted molar refractivity (Wildman–Crippen MR) is 103 cm³/mol. The number of primary amides is 1. The second-order valence-corrected chi connectivity index (χ2v) is 6.99. The Morgan fingerprint density at radius 2 is 1.59 bits per heavy atom. The Balaban J connectivity index is 2.26. The second kappa shape index (κ2) is 7.45. The molecule has 1 amide bonds. The summed E-state index contributed by atoms with van der Waals surface area (Å²) in [7, 11) is 0. The summed E-state index contributed by atoms with van der Waals surface area (Å²) in [6.45, 7) is 6.05. The Labute approximate surface area is 158 Å². The first kappa shape index (κ1) is 18.4. The van der Waals surface area contributed by atoms with Gasteiger partial charge in [-0.3, -0.25) is 0 Å². The van der Waals surface area contributed by atoms with Crippen molar-refractivity contribution in [2.45, 2.75) is 26.2 Å². The highest BCUT2D eigenvalue weighted by atomic mass is 16.6. The highest BCUT2D eigenvalue weighted by molar-refractivity contribution is 5.79. The molecule has 6 heteroatoms. The summed E-state index contributed by atoms with van der Waals surface area (Å²) in [5.74, 6) is 0.613. The molecule has 0 fully saturated rings. The van der Waals surface area contributed by atoms with E-state index in [2.05, 4.69) is 9.97 Å². The molecule has 0 atom stereocenters. The fourth-order valence-corrected chi connectivity index (χ4v) is 2.73.